The van der Waals surface area contributed by atoms with E-state index in [0.717, 1.165) is 38.2 Å². The van der Waals surface area contributed by atoms with E-state index in [2.05, 4.69) is 22.3 Å². The van der Waals surface area contributed by atoms with Gasteiger partial charge in [-0.1, -0.05) is 32.1 Å². The maximum atomic E-state index is 5.44. The van der Waals surface area contributed by atoms with Crippen molar-refractivity contribution < 1.29 is 4.74 Å². The molecule has 1 aliphatic carbocycles. The second kappa shape index (κ2) is 8.50. The molecule has 4 nitrogen and oxygen atoms in total. The van der Waals surface area contributed by atoms with E-state index in [1.807, 2.05) is 7.05 Å². The zero-order valence-electron chi connectivity index (χ0n) is 13.2. The molecule has 0 radical (unpaired) electrons. The molecule has 2 aliphatic rings. The van der Waals surface area contributed by atoms with Gasteiger partial charge in [0.25, 0.3) is 0 Å². The summed E-state index contributed by atoms with van der Waals surface area (Å²) in [7, 11) is 4.01. The summed E-state index contributed by atoms with van der Waals surface area (Å²) < 4.78 is 5.44. The third kappa shape index (κ3) is 4.97. The fourth-order valence-corrected chi connectivity index (χ4v) is 3.45. The molecule has 116 valence electrons. The van der Waals surface area contributed by atoms with E-state index < -0.39 is 0 Å². The van der Waals surface area contributed by atoms with Crippen LogP contribution in [0, 0.1) is 11.8 Å². The zero-order valence-corrected chi connectivity index (χ0v) is 13.2. The molecule has 1 saturated heterocycles. The van der Waals surface area contributed by atoms with Crippen molar-refractivity contribution in [3.63, 3.8) is 0 Å². The van der Waals surface area contributed by atoms with Crippen LogP contribution < -0.4 is 5.32 Å². The summed E-state index contributed by atoms with van der Waals surface area (Å²) in [5.41, 5.74) is 0. The summed E-state index contributed by atoms with van der Waals surface area (Å²) >= 11 is 0. The van der Waals surface area contributed by atoms with Crippen molar-refractivity contribution in [1.82, 2.24) is 10.2 Å². The number of hydrogen-bond acceptors (Lipinski definition) is 2. The SMILES string of the molecule is CN=C(NCCC1CCCCC1)N(C)CC1CCOC1. The molecule has 20 heavy (non-hydrogen) atoms. The number of ether oxygens (including phenoxy) is 1. The Hall–Kier alpha value is -0.770. The van der Waals surface area contributed by atoms with E-state index in [-0.39, 0.29) is 0 Å². The Labute approximate surface area is 124 Å². The molecule has 1 N–H and O–H groups in total. The molecule has 2 rings (SSSR count). The van der Waals surface area contributed by atoms with Crippen LogP contribution in [0.3, 0.4) is 0 Å². The van der Waals surface area contributed by atoms with Crippen LogP contribution in [0.15, 0.2) is 4.99 Å². The van der Waals surface area contributed by atoms with Crippen LogP contribution in [0.4, 0.5) is 0 Å². The number of nitrogens with zero attached hydrogens (tertiary/aromatic N) is 2. The third-order valence-electron chi connectivity index (χ3n) is 4.69. The predicted octanol–water partition coefficient (Wildman–Crippen LogP) is 2.50. The van der Waals surface area contributed by atoms with Gasteiger partial charge in [-0.15, -0.1) is 0 Å². The van der Waals surface area contributed by atoms with Gasteiger partial charge in [0.15, 0.2) is 5.96 Å². The van der Waals surface area contributed by atoms with E-state index in [1.165, 1.54) is 44.9 Å². The second-order valence-corrected chi connectivity index (χ2v) is 6.38. The molecule has 0 aromatic carbocycles. The summed E-state index contributed by atoms with van der Waals surface area (Å²) in [5, 5.41) is 3.53. The molecule has 1 atom stereocenters. The molecule has 0 aromatic rings. The first kappa shape index (κ1) is 15.6. The van der Waals surface area contributed by atoms with Crippen molar-refractivity contribution in [2.24, 2.45) is 16.8 Å². The highest BCUT2D eigenvalue weighted by Gasteiger charge is 2.19. The maximum Gasteiger partial charge on any atom is 0.193 e. The highest BCUT2D eigenvalue weighted by Crippen LogP contribution is 2.25. The van der Waals surface area contributed by atoms with Gasteiger partial charge < -0.3 is 15.0 Å². The fraction of sp³-hybridized carbons (Fsp3) is 0.938. The Balaban J connectivity index is 1.65. The van der Waals surface area contributed by atoms with E-state index in [1.54, 1.807) is 0 Å². The van der Waals surface area contributed by atoms with Gasteiger partial charge in [0.1, 0.15) is 0 Å². The second-order valence-electron chi connectivity index (χ2n) is 6.38. The summed E-state index contributed by atoms with van der Waals surface area (Å²) in [4.78, 5) is 6.65. The Bertz CT molecular complexity index is 294. The van der Waals surface area contributed by atoms with Gasteiger partial charge in [-0.05, 0) is 18.8 Å². The highest BCUT2D eigenvalue weighted by molar-refractivity contribution is 5.79. The molecule has 1 heterocycles. The summed E-state index contributed by atoms with van der Waals surface area (Å²) in [6.45, 7) is 3.93. The van der Waals surface area contributed by atoms with Crippen LogP contribution in [0.25, 0.3) is 0 Å². The monoisotopic (exact) mass is 281 g/mol. The summed E-state index contributed by atoms with van der Waals surface area (Å²) in [5.74, 6) is 2.63. The lowest BCUT2D eigenvalue weighted by Crippen LogP contribution is -2.42. The molecule has 1 saturated carbocycles. The van der Waals surface area contributed by atoms with E-state index in [9.17, 15) is 0 Å². The molecule has 1 unspecified atom stereocenters. The summed E-state index contributed by atoms with van der Waals surface area (Å²) in [6.07, 6.45) is 9.63. The predicted molar refractivity (Wildman–Crippen MR) is 84.1 cm³/mol. The maximum absolute atomic E-state index is 5.44. The third-order valence-corrected chi connectivity index (χ3v) is 4.69. The van der Waals surface area contributed by atoms with Crippen molar-refractivity contribution in [3.05, 3.63) is 0 Å². The molecular weight excluding hydrogens is 250 g/mol. The standard InChI is InChI=1S/C16H31N3O/c1-17-16(19(2)12-15-9-11-20-13-15)18-10-8-14-6-4-3-5-7-14/h14-15H,3-13H2,1-2H3,(H,17,18). The van der Waals surface area contributed by atoms with Gasteiger partial charge in [0, 0.05) is 39.7 Å². The first-order valence-electron chi connectivity index (χ1n) is 8.29. The van der Waals surface area contributed by atoms with E-state index >= 15 is 0 Å². The van der Waals surface area contributed by atoms with Gasteiger partial charge in [-0.2, -0.15) is 0 Å². The van der Waals surface area contributed by atoms with Crippen molar-refractivity contribution in [3.8, 4) is 0 Å². The van der Waals surface area contributed by atoms with Crippen molar-refractivity contribution in [2.45, 2.75) is 44.9 Å². The van der Waals surface area contributed by atoms with Crippen LogP contribution in [0.1, 0.15) is 44.9 Å². The van der Waals surface area contributed by atoms with Crippen LogP contribution in [0.5, 0.6) is 0 Å². The lowest BCUT2D eigenvalue weighted by atomic mass is 9.87. The number of hydrogen-bond donors (Lipinski definition) is 1. The topological polar surface area (TPSA) is 36.9 Å². The minimum atomic E-state index is 0.664. The van der Waals surface area contributed by atoms with Gasteiger partial charge >= 0.3 is 0 Å². The fourth-order valence-electron chi connectivity index (χ4n) is 3.45. The molecular formula is C16H31N3O. The minimum Gasteiger partial charge on any atom is -0.381 e. The first-order chi connectivity index (χ1) is 9.79. The number of rotatable bonds is 5. The molecule has 4 heteroatoms. The van der Waals surface area contributed by atoms with Crippen molar-refractivity contribution >= 4 is 5.96 Å². The largest absolute Gasteiger partial charge is 0.381 e. The van der Waals surface area contributed by atoms with E-state index in [4.69, 9.17) is 4.74 Å². The van der Waals surface area contributed by atoms with Crippen LogP contribution in [0.2, 0.25) is 0 Å². The number of aliphatic imine (C=N–C) groups is 1. The molecule has 1 aliphatic heterocycles. The average molecular weight is 281 g/mol. The normalized spacial score (nSPS) is 24.9. The van der Waals surface area contributed by atoms with Gasteiger partial charge in [0.2, 0.25) is 0 Å². The minimum absolute atomic E-state index is 0.664. The number of guanidine groups is 1. The first-order valence-corrected chi connectivity index (χ1v) is 8.29. The van der Waals surface area contributed by atoms with Gasteiger partial charge in [-0.3, -0.25) is 4.99 Å². The zero-order chi connectivity index (χ0) is 14.2. The molecule has 0 amide bonds. The summed E-state index contributed by atoms with van der Waals surface area (Å²) in [6, 6.07) is 0. The average Bonchev–Trinajstić information content (AvgIpc) is 2.97. The highest BCUT2D eigenvalue weighted by atomic mass is 16.5. The van der Waals surface area contributed by atoms with Crippen LogP contribution in [-0.2, 0) is 4.74 Å². The molecule has 2 fully saturated rings. The van der Waals surface area contributed by atoms with Crippen LogP contribution in [-0.4, -0.2) is 51.3 Å². The van der Waals surface area contributed by atoms with Gasteiger partial charge in [0.05, 0.1) is 6.61 Å². The molecule has 0 aromatic heterocycles. The van der Waals surface area contributed by atoms with Crippen molar-refractivity contribution in [2.75, 3.05) is 40.4 Å². The lowest BCUT2D eigenvalue weighted by Gasteiger charge is -2.26. The Kier molecular flexibility index (Phi) is 6.64. The Morgan fingerprint density at radius 3 is 2.65 bits per heavy atom. The Morgan fingerprint density at radius 1 is 1.20 bits per heavy atom. The smallest absolute Gasteiger partial charge is 0.193 e. The Morgan fingerprint density at radius 2 is 2.00 bits per heavy atom. The quantitative estimate of drug-likeness (QED) is 0.621. The molecule has 0 spiro atoms. The molecule has 0 bridgehead atoms. The van der Waals surface area contributed by atoms with Crippen molar-refractivity contribution in [1.29, 1.82) is 0 Å². The van der Waals surface area contributed by atoms with Crippen LogP contribution >= 0.6 is 0 Å². The van der Waals surface area contributed by atoms with Gasteiger partial charge in [-0.25, -0.2) is 0 Å². The van der Waals surface area contributed by atoms with E-state index in [0.29, 0.717) is 5.92 Å². The number of nitrogens with one attached hydrogen (secondary N) is 1. The lowest BCUT2D eigenvalue weighted by molar-refractivity contribution is 0.181.